The summed E-state index contributed by atoms with van der Waals surface area (Å²) in [5.41, 5.74) is 2.85. The zero-order valence-electron chi connectivity index (χ0n) is 15.1. The number of aliphatic imine (C=N–C) groups is 1. The van der Waals surface area contributed by atoms with Crippen LogP contribution in [0.3, 0.4) is 0 Å². The van der Waals surface area contributed by atoms with Gasteiger partial charge < -0.3 is 14.6 Å². The van der Waals surface area contributed by atoms with E-state index in [-0.39, 0.29) is 5.91 Å². The number of nitrogens with zero attached hydrogens (tertiary/aromatic N) is 2. The van der Waals surface area contributed by atoms with Gasteiger partial charge in [-0.2, -0.15) is 0 Å². The van der Waals surface area contributed by atoms with Crippen LogP contribution in [0.1, 0.15) is 12.5 Å². The molecule has 1 aromatic heterocycles. The number of nitrogens with one attached hydrogen (secondary N) is 1. The number of benzene rings is 2. The van der Waals surface area contributed by atoms with Crippen molar-refractivity contribution >= 4 is 45.5 Å². The summed E-state index contributed by atoms with van der Waals surface area (Å²) in [6.45, 7) is 2.49. The number of hydrogen-bond acceptors (Lipinski definition) is 4. The zero-order chi connectivity index (χ0) is 18.8. The van der Waals surface area contributed by atoms with Gasteiger partial charge in [0.25, 0.3) is 5.91 Å². The molecule has 0 bridgehead atoms. The SMILES string of the molecule is CCOc1ccccc1N=C1NC(=O)/C(=C\c2cn(C)c3ccccc23)S1. The van der Waals surface area contributed by atoms with Crippen LogP contribution in [-0.2, 0) is 11.8 Å². The van der Waals surface area contributed by atoms with Gasteiger partial charge in [-0.05, 0) is 43.0 Å². The number of rotatable bonds is 4. The molecule has 3 aromatic rings. The van der Waals surface area contributed by atoms with Gasteiger partial charge in [-0.1, -0.05) is 30.3 Å². The van der Waals surface area contributed by atoms with E-state index in [1.54, 1.807) is 0 Å². The third kappa shape index (κ3) is 3.48. The molecular formula is C21H19N3O2S. The normalized spacial score (nSPS) is 17.0. The number of amidine groups is 1. The highest BCUT2D eigenvalue weighted by Gasteiger charge is 2.24. The predicted molar refractivity (Wildman–Crippen MR) is 111 cm³/mol. The number of para-hydroxylation sites is 3. The number of carbonyl (C=O) groups excluding carboxylic acids is 1. The Morgan fingerprint density at radius 3 is 2.81 bits per heavy atom. The molecule has 0 radical (unpaired) electrons. The summed E-state index contributed by atoms with van der Waals surface area (Å²) in [5.74, 6) is 0.564. The smallest absolute Gasteiger partial charge is 0.264 e. The minimum Gasteiger partial charge on any atom is -0.492 e. The second kappa shape index (κ2) is 7.32. The van der Waals surface area contributed by atoms with Gasteiger partial charge in [0.05, 0.1) is 11.5 Å². The standard InChI is InChI=1S/C21H19N3O2S/c1-3-26-18-11-7-5-9-16(18)22-21-23-20(25)19(27-21)12-14-13-24(2)17-10-6-4-8-15(14)17/h4-13H,3H2,1-2H3,(H,22,23,25)/b19-12+. The topological polar surface area (TPSA) is 55.6 Å². The van der Waals surface area contributed by atoms with Crippen molar-refractivity contribution < 1.29 is 9.53 Å². The van der Waals surface area contributed by atoms with E-state index >= 15 is 0 Å². The molecule has 27 heavy (non-hydrogen) atoms. The molecule has 0 spiro atoms. The van der Waals surface area contributed by atoms with Crippen molar-refractivity contribution in [3.05, 3.63) is 65.2 Å². The van der Waals surface area contributed by atoms with E-state index in [1.165, 1.54) is 11.8 Å². The minimum atomic E-state index is -0.138. The highest BCUT2D eigenvalue weighted by atomic mass is 32.2. The fourth-order valence-corrected chi connectivity index (χ4v) is 3.87. The highest BCUT2D eigenvalue weighted by Crippen LogP contribution is 2.33. The first-order valence-corrected chi connectivity index (χ1v) is 9.53. The van der Waals surface area contributed by atoms with Crippen molar-refractivity contribution in [2.24, 2.45) is 12.0 Å². The Kier molecular flexibility index (Phi) is 4.73. The summed E-state index contributed by atoms with van der Waals surface area (Å²) in [5, 5.41) is 4.51. The molecule has 0 unspecified atom stereocenters. The second-order valence-corrected chi connectivity index (χ2v) is 7.13. The molecule has 1 aliphatic rings. The monoisotopic (exact) mass is 377 g/mol. The Hall–Kier alpha value is -2.99. The lowest BCUT2D eigenvalue weighted by atomic mass is 10.1. The van der Waals surface area contributed by atoms with Gasteiger partial charge in [-0.25, -0.2) is 4.99 Å². The molecule has 0 aliphatic carbocycles. The average molecular weight is 377 g/mol. The van der Waals surface area contributed by atoms with E-state index in [2.05, 4.69) is 27.0 Å². The van der Waals surface area contributed by atoms with Crippen LogP contribution in [-0.4, -0.2) is 22.2 Å². The highest BCUT2D eigenvalue weighted by molar-refractivity contribution is 8.18. The van der Waals surface area contributed by atoms with Crippen LogP contribution in [0.15, 0.2) is 64.6 Å². The van der Waals surface area contributed by atoms with Crippen molar-refractivity contribution in [3.63, 3.8) is 0 Å². The van der Waals surface area contributed by atoms with Crippen LogP contribution >= 0.6 is 11.8 Å². The molecule has 1 aliphatic heterocycles. The summed E-state index contributed by atoms with van der Waals surface area (Å²) in [7, 11) is 2.00. The van der Waals surface area contributed by atoms with Crippen molar-refractivity contribution in [3.8, 4) is 5.75 Å². The van der Waals surface area contributed by atoms with Gasteiger partial charge in [0, 0.05) is 29.7 Å². The quantitative estimate of drug-likeness (QED) is 0.683. The van der Waals surface area contributed by atoms with Crippen LogP contribution < -0.4 is 10.1 Å². The van der Waals surface area contributed by atoms with Gasteiger partial charge in [-0.15, -0.1) is 0 Å². The molecule has 2 heterocycles. The first kappa shape index (κ1) is 17.4. The molecule has 4 rings (SSSR count). The predicted octanol–water partition coefficient (Wildman–Crippen LogP) is 4.47. The van der Waals surface area contributed by atoms with E-state index in [0.717, 1.165) is 16.5 Å². The Morgan fingerprint density at radius 2 is 1.96 bits per heavy atom. The maximum Gasteiger partial charge on any atom is 0.264 e. The van der Waals surface area contributed by atoms with E-state index in [0.29, 0.717) is 28.1 Å². The lowest BCUT2D eigenvalue weighted by Gasteiger charge is -2.06. The third-order valence-corrected chi connectivity index (χ3v) is 5.16. The Balaban J connectivity index is 1.65. The largest absolute Gasteiger partial charge is 0.492 e. The first-order valence-electron chi connectivity index (χ1n) is 8.71. The molecule has 136 valence electrons. The van der Waals surface area contributed by atoms with Crippen molar-refractivity contribution in [2.75, 3.05) is 6.61 Å². The number of ether oxygens (including phenoxy) is 1. The van der Waals surface area contributed by atoms with Gasteiger partial charge in [0.2, 0.25) is 0 Å². The van der Waals surface area contributed by atoms with E-state index in [9.17, 15) is 4.79 Å². The van der Waals surface area contributed by atoms with Gasteiger partial charge in [0.15, 0.2) is 5.17 Å². The van der Waals surface area contributed by atoms with Gasteiger partial charge in [-0.3, -0.25) is 4.79 Å². The number of amides is 1. The molecule has 5 nitrogen and oxygen atoms in total. The van der Waals surface area contributed by atoms with Gasteiger partial charge >= 0.3 is 0 Å². The number of hydrogen-bond donors (Lipinski definition) is 1. The molecule has 0 atom stereocenters. The molecular weight excluding hydrogens is 358 g/mol. The maximum atomic E-state index is 12.4. The number of aromatic nitrogens is 1. The number of carbonyl (C=O) groups is 1. The van der Waals surface area contributed by atoms with Crippen molar-refractivity contribution in [1.82, 2.24) is 9.88 Å². The van der Waals surface area contributed by atoms with Crippen molar-refractivity contribution in [2.45, 2.75) is 6.92 Å². The fourth-order valence-electron chi connectivity index (χ4n) is 3.05. The van der Waals surface area contributed by atoms with Crippen molar-refractivity contribution in [1.29, 1.82) is 0 Å². The zero-order valence-corrected chi connectivity index (χ0v) is 15.9. The number of aryl methyl sites for hydroxylation is 1. The Bertz CT molecular complexity index is 1080. The molecule has 6 heteroatoms. The fraction of sp³-hybridized carbons (Fsp3) is 0.143. The second-order valence-electron chi connectivity index (χ2n) is 6.09. The molecule has 1 amide bonds. The van der Waals surface area contributed by atoms with E-state index in [4.69, 9.17) is 4.74 Å². The summed E-state index contributed by atoms with van der Waals surface area (Å²) >= 11 is 1.34. The first-order chi connectivity index (χ1) is 13.2. The van der Waals surface area contributed by atoms with Crippen LogP contribution in [0.5, 0.6) is 5.75 Å². The van der Waals surface area contributed by atoms with E-state index < -0.39 is 0 Å². The number of fused-ring (bicyclic) bond motifs is 1. The van der Waals surface area contributed by atoms with E-state index in [1.807, 2.05) is 62.6 Å². The lowest BCUT2D eigenvalue weighted by Crippen LogP contribution is -2.19. The summed E-state index contributed by atoms with van der Waals surface area (Å²) in [6, 6.07) is 15.7. The van der Waals surface area contributed by atoms with Gasteiger partial charge in [0.1, 0.15) is 11.4 Å². The molecule has 0 saturated carbocycles. The van der Waals surface area contributed by atoms with Crippen LogP contribution in [0.25, 0.3) is 17.0 Å². The molecule has 2 aromatic carbocycles. The molecule has 1 N–H and O–H groups in total. The summed E-state index contributed by atoms with van der Waals surface area (Å²) in [4.78, 5) is 17.6. The molecule has 1 saturated heterocycles. The average Bonchev–Trinajstić information content (AvgIpc) is 3.17. The maximum absolute atomic E-state index is 12.4. The number of thioether (sulfide) groups is 1. The summed E-state index contributed by atoms with van der Waals surface area (Å²) < 4.78 is 7.66. The minimum absolute atomic E-state index is 0.138. The third-order valence-electron chi connectivity index (χ3n) is 4.25. The summed E-state index contributed by atoms with van der Waals surface area (Å²) in [6.07, 6.45) is 3.95. The van der Waals surface area contributed by atoms with Crippen LogP contribution in [0.4, 0.5) is 5.69 Å². The Morgan fingerprint density at radius 1 is 1.19 bits per heavy atom. The van der Waals surface area contributed by atoms with Crippen LogP contribution in [0, 0.1) is 0 Å². The Labute approximate surface area is 161 Å². The van der Waals surface area contributed by atoms with Crippen LogP contribution in [0.2, 0.25) is 0 Å². The lowest BCUT2D eigenvalue weighted by molar-refractivity contribution is -0.115. The molecule has 1 fully saturated rings.